The number of methoxy groups -OCH3 is 1. The van der Waals surface area contributed by atoms with Crippen LogP contribution in [-0.4, -0.2) is 24.1 Å². The minimum absolute atomic E-state index is 0.205. The number of amides is 1. The van der Waals surface area contributed by atoms with E-state index in [0.717, 1.165) is 11.1 Å². The van der Waals surface area contributed by atoms with Gasteiger partial charge in [-0.05, 0) is 24.1 Å². The number of nitrogens with zero attached hydrogens (tertiary/aromatic N) is 1. The second kappa shape index (κ2) is 6.34. The molecule has 0 radical (unpaired) electrons. The largest absolute Gasteiger partial charge is 0.357 e. The van der Waals surface area contributed by atoms with Gasteiger partial charge in [-0.1, -0.05) is 48.5 Å². The molecule has 1 atom stereocenters. The lowest BCUT2D eigenvalue weighted by Gasteiger charge is -2.25. The molecule has 0 aliphatic carbocycles. The van der Waals surface area contributed by atoms with Crippen molar-refractivity contribution in [3.8, 4) is 0 Å². The summed E-state index contributed by atoms with van der Waals surface area (Å²) in [4.78, 5) is 14.5. The Morgan fingerprint density at radius 2 is 1.74 bits per heavy atom. The van der Waals surface area contributed by atoms with E-state index in [0.29, 0.717) is 17.7 Å². The molecule has 0 saturated carbocycles. The van der Waals surface area contributed by atoms with Gasteiger partial charge in [-0.25, -0.2) is 4.39 Å². The van der Waals surface area contributed by atoms with Gasteiger partial charge < -0.3 is 9.64 Å². The fraction of sp³-hybridized carbons (Fsp3) is 0.211. The van der Waals surface area contributed by atoms with Crippen molar-refractivity contribution in [3.63, 3.8) is 0 Å². The van der Waals surface area contributed by atoms with E-state index in [1.54, 1.807) is 30.2 Å². The van der Waals surface area contributed by atoms with Crippen molar-refractivity contribution in [1.29, 1.82) is 0 Å². The van der Waals surface area contributed by atoms with Gasteiger partial charge in [0.05, 0.1) is 5.57 Å². The Kier molecular flexibility index (Phi) is 4.26. The first-order chi connectivity index (χ1) is 11.1. The normalized spacial score (nSPS) is 18.0. The average molecular weight is 311 g/mol. The van der Waals surface area contributed by atoms with Crippen molar-refractivity contribution in [2.75, 3.05) is 7.11 Å². The first-order valence-electron chi connectivity index (χ1n) is 7.47. The van der Waals surface area contributed by atoms with Crippen molar-refractivity contribution >= 4 is 11.5 Å². The summed E-state index contributed by atoms with van der Waals surface area (Å²) in [7, 11) is 1.56. The second-order valence-electron chi connectivity index (χ2n) is 5.54. The highest BCUT2D eigenvalue weighted by molar-refractivity contribution is 6.22. The molecule has 0 fully saturated rings. The van der Waals surface area contributed by atoms with Crippen molar-refractivity contribution in [1.82, 2.24) is 4.90 Å². The summed E-state index contributed by atoms with van der Waals surface area (Å²) in [5.41, 5.74) is 2.46. The number of ether oxygens (including phenoxy) is 1. The van der Waals surface area contributed by atoms with Gasteiger partial charge in [0.25, 0.3) is 5.91 Å². The molecule has 0 bridgehead atoms. The highest BCUT2D eigenvalue weighted by Gasteiger charge is 2.38. The van der Waals surface area contributed by atoms with Crippen LogP contribution in [0.1, 0.15) is 18.1 Å². The quantitative estimate of drug-likeness (QED) is 0.863. The molecular weight excluding hydrogens is 293 g/mol. The molecule has 0 N–H and O–H groups in total. The summed E-state index contributed by atoms with van der Waals surface area (Å²) in [5.74, 6) is -0.602. The first kappa shape index (κ1) is 15.4. The summed E-state index contributed by atoms with van der Waals surface area (Å²) < 4.78 is 19.6. The van der Waals surface area contributed by atoms with Crippen LogP contribution >= 0.6 is 0 Å². The van der Waals surface area contributed by atoms with E-state index >= 15 is 0 Å². The van der Waals surface area contributed by atoms with Gasteiger partial charge in [0.15, 0.2) is 6.23 Å². The lowest BCUT2D eigenvalue weighted by atomic mass is 10.0. The number of hydrogen-bond donors (Lipinski definition) is 0. The van der Waals surface area contributed by atoms with Crippen LogP contribution in [0.3, 0.4) is 0 Å². The smallest absolute Gasteiger partial charge is 0.257 e. The van der Waals surface area contributed by atoms with E-state index in [1.165, 1.54) is 6.07 Å². The second-order valence-corrected chi connectivity index (χ2v) is 5.54. The summed E-state index contributed by atoms with van der Waals surface area (Å²) >= 11 is 0. The molecule has 3 rings (SSSR count). The zero-order valence-corrected chi connectivity index (χ0v) is 13.1. The Balaban J connectivity index is 1.97. The van der Waals surface area contributed by atoms with E-state index in [2.05, 4.69) is 0 Å². The molecule has 118 valence electrons. The van der Waals surface area contributed by atoms with Gasteiger partial charge >= 0.3 is 0 Å². The van der Waals surface area contributed by atoms with Crippen molar-refractivity contribution in [2.24, 2.45) is 0 Å². The molecular formula is C19H18FNO2. The molecule has 3 nitrogen and oxygen atoms in total. The Morgan fingerprint density at radius 1 is 1.09 bits per heavy atom. The molecule has 0 aromatic heterocycles. The lowest BCUT2D eigenvalue weighted by Crippen LogP contribution is -2.36. The summed E-state index contributed by atoms with van der Waals surface area (Å²) in [6.07, 6.45) is -0.475. The van der Waals surface area contributed by atoms with Gasteiger partial charge in [-0.15, -0.1) is 0 Å². The Labute approximate surface area is 135 Å². The summed E-state index contributed by atoms with van der Waals surface area (Å²) in [6, 6.07) is 16.0. The highest BCUT2D eigenvalue weighted by Crippen LogP contribution is 2.35. The first-order valence-corrected chi connectivity index (χ1v) is 7.47. The monoisotopic (exact) mass is 311 g/mol. The van der Waals surface area contributed by atoms with E-state index < -0.39 is 12.0 Å². The van der Waals surface area contributed by atoms with Gasteiger partial charge in [-0.3, -0.25) is 4.79 Å². The number of hydrogen-bond acceptors (Lipinski definition) is 2. The van der Waals surface area contributed by atoms with Gasteiger partial charge in [0.1, 0.15) is 5.82 Å². The van der Waals surface area contributed by atoms with E-state index in [-0.39, 0.29) is 5.91 Å². The third kappa shape index (κ3) is 2.78. The maximum Gasteiger partial charge on any atom is 0.257 e. The summed E-state index contributed by atoms with van der Waals surface area (Å²) in [6.45, 7) is 2.24. The molecule has 23 heavy (non-hydrogen) atoms. The fourth-order valence-electron chi connectivity index (χ4n) is 3.01. The van der Waals surface area contributed by atoms with E-state index in [9.17, 15) is 9.18 Å². The van der Waals surface area contributed by atoms with Gasteiger partial charge in [-0.2, -0.15) is 0 Å². The highest BCUT2D eigenvalue weighted by atomic mass is 19.1. The van der Waals surface area contributed by atoms with Crippen molar-refractivity contribution < 1.29 is 13.9 Å². The molecule has 2 aromatic rings. The van der Waals surface area contributed by atoms with Crippen LogP contribution in [0.4, 0.5) is 4.39 Å². The van der Waals surface area contributed by atoms with Crippen LogP contribution in [0.15, 0.2) is 60.2 Å². The number of carbonyl (C=O) groups excluding carboxylic acids is 1. The van der Waals surface area contributed by atoms with Crippen LogP contribution in [-0.2, 0) is 16.1 Å². The molecule has 1 heterocycles. The van der Waals surface area contributed by atoms with Gasteiger partial charge in [0.2, 0.25) is 0 Å². The van der Waals surface area contributed by atoms with E-state index in [4.69, 9.17) is 4.74 Å². The van der Waals surface area contributed by atoms with Crippen LogP contribution in [0, 0.1) is 5.82 Å². The molecule has 1 unspecified atom stereocenters. The minimum atomic E-state index is -0.475. The van der Waals surface area contributed by atoms with E-state index in [1.807, 2.05) is 37.3 Å². The molecule has 2 aromatic carbocycles. The van der Waals surface area contributed by atoms with Gasteiger partial charge in [0, 0.05) is 19.2 Å². The minimum Gasteiger partial charge on any atom is -0.357 e. The Morgan fingerprint density at radius 3 is 2.39 bits per heavy atom. The third-order valence-corrected chi connectivity index (χ3v) is 4.08. The van der Waals surface area contributed by atoms with Crippen molar-refractivity contribution in [2.45, 2.75) is 19.7 Å². The summed E-state index contributed by atoms with van der Waals surface area (Å²) in [5, 5.41) is 0. The number of rotatable bonds is 4. The van der Waals surface area contributed by atoms with Crippen LogP contribution in [0.5, 0.6) is 0 Å². The Hall–Kier alpha value is -2.46. The molecule has 1 aliphatic heterocycles. The maximum atomic E-state index is 14.1. The predicted octanol–water partition coefficient (Wildman–Crippen LogP) is 3.61. The number of carbonyl (C=O) groups is 1. The molecule has 0 saturated heterocycles. The van der Waals surface area contributed by atoms with Crippen LogP contribution < -0.4 is 0 Å². The zero-order valence-electron chi connectivity index (χ0n) is 13.1. The molecule has 0 spiro atoms. The standard InChI is InChI=1S/C19H18FNO2/c1-13-17(15-10-6-7-11-16(15)20)18(22)21(19(13)23-2)12-14-8-4-3-5-9-14/h3-11,19H,12H2,1-2H3. The SMILES string of the molecule is COC1C(C)=C(c2ccccc2F)C(=O)N1Cc1ccccc1. The third-order valence-electron chi connectivity index (χ3n) is 4.08. The topological polar surface area (TPSA) is 29.5 Å². The lowest BCUT2D eigenvalue weighted by molar-refractivity contribution is -0.132. The Bertz CT molecular complexity index is 755. The number of halogens is 1. The zero-order chi connectivity index (χ0) is 16.4. The molecule has 1 aliphatic rings. The predicted molar refractivity (Wildman–Crippen MR) is 86.8 cm³/mol. The van der Waals surface area contributed by atoms with Crippen LogP contribution in [0.2, 0.25) is 0 Å². The van der Waals surface area contributed by atoms with Crippen LogP contribution in [0.25, 0.3) is 5.57 Å². The number of benzene rings is 2. The van der Waals surface area contributed by atoms with Crippen molar-refractivity contribution in [3.05, 3.63) is 77.1 Å². The fourth-order valence-corrected chi connectivity index (χ4v) is 3.01. The maximum absolute atomic E-state index is 14.1. The molecule has 1 amide bonds. The molecule has 4 heteroatoms. The average Bonchev–Trinajstić information content (AvgIpc) is 2.79.